The van der Waals surface area contributed by atoms with Crippen LogP contribution >= 0.6 is 11.8 Å². The van der Waals surface area contributed by atoms with Crippen molar-refractivity contribution in [2.75, 3.05) is 5.88 Å². The summed E-state index contributed by atoms with van der Waals surface area (Å²) in [6.45, 7) is 0. The van der Waals surface area contributed by atoms with Gasteiger partial charge in [-0.05, 0) is 0 Å². The highest BCUT2D eigenvalue weighted by molar-refractivity contribution is 8.11. The molecule has 0 aliphatic rings. The summed E-state index contributed by atoms with van der Waals surface area (Å²) < 4.78 is 0. The normalized spacial score (nSPS) is 7.40. The van der Waals surface area contributed by atoms with Gasteiger partial charge in [0.2, 0.25) is 0 Å². The van der Waals surface area contributed by atoms with Crippen LogP contribution in [0.3, 0.4) is 0 Å². The SMILES string of the molecule is N=CSCN. The van der Waals surface area contributed by atoms with Crippen LogP contribution in [0, 0.1) is 5.41 Å². The third-order valence-electron chi connectivity index (χ3n) is 0.180. The lowest BCUT2D eigenvalue weighted by molar-refractivity contribution is 1.41. The molecule has 0 unspecified atom stereocenters. The summed E-state index contributed by atoms with van der Waals surface area (Å²) in [7, 11) is 0. The van der Waals surface area contributed by atoms with Gasteiger partial charge in [-0.3, -0.25) is 0 Å². The monoisotopic (exact) mass is 90.0 g/mol. The molecule has 0 aromatic carbocycles. The molecule has 0 rings (SSSR count). The molecule has 0 fully saturated rings. The molecule has 0 spiro atoms. The van der Waals surface area contributed by atoms with E-state index in [0.717, 1.165) is 0 Å². The smallest absolute Gasteiger partial charge is 0.0518 e. The van der Waals surface area contributed by atoms with Gasteiger partial charge in [-0.25, -0.2) is 0 Å². The first kappa shape index (κ1) is 4.98. The molecule has 0 atom stereocenters. The van der Waals surface area contributed by atoms with Gasteiger partial charge in [-0.1, -0.05) is 11.8 Å². The van der Waals surface area contributed by atoms with Crippen molar-refractivity contribution in [3.63, 3.8) is 0 Å². The van der Waals surface area contributed by atoms with Crippen molar-refractivity contribution in [1.29, 1.82) is 5.41 Å². The van der Waals surface area contributed by atoms with Gasteiger partial charge in [0.05, 0.1) is 5.55 Å². The topological polar surface area (TPSA) is 49.9 Å². The average molecular weight is 90.2 g/mol. The largest absolute Gasteiger partial charge is 0.322 e. The van der Waals surface area contributed by atoms with Crippen LogP contribution in [-0.2, 0) is 0 Å². The van der Waals surface area contributed by atoms with E-state index >= 15 is 0 Å². The summed E-state index contributed by atoms with van der Waals surface area (Å²) in [5.41, 5.74) is 6.17. The molecule has 2 nitrogen and oxygen atoms in total. The van der Waals surface area contributed by atoms with Gasteiger partial charge in [0.15, 0.2) is 0 Å². The summed E-state index contributed by atoms with van der Waals surface area (Å²) in [4.78, 5) is 0. The number of hydrogen-bond acceptors (Lipinski definition) is 3. The molecule has 3 heteroatoms. The van der Waals surface area contributed by atoms with Crippen molar-refractivity contribution in [3.05, 3.63) is 0 Å². The predicted octanol–water partition coefficient (Wildman–Crippen LogP) is 0.243. The van der Waals surface area contributed by atoms with Crippen LogP contribution in [0.2, 0.25) is 0 Å². The second kappa shape index (κ2) is 3.98. The maximum atomic E-state index is 6.36. The van der Waals surface area contributed by atoms with E-state index in [4.69, 9.17) is 11.1 Å². The molecule has 30 valence electrons. The molecular weight excluding hydrogens is 84.1 g/mol. The number of thioether (sulfide) groups is 1. The van der Waals surface area contributed by atoms with Crippen LogP contribution < -0.4 is 5.73 Å². The van der Waals surface area contributed by atoms with Crippen molar-refractivity contribution in [2.24, 2.45) is 5.73 Å². The lowest BCUT2D eigenvalue weighted by Crippen LogP contribution is -1.90. The summed E-state index contributed by atoms with van der Waals surface area (Å²) in [6, 6.07) is 0. The molecule has 0 aliphatic heterocycles. The molecule has 0 radical (unpaired) electrons. The number of rotatable bonds is 2. The summed E-state index contributed by atoms with van der Waals surface area (Å²) >= 11 is 1.28. The number of nitrogens with one attached hydrogen (secondary N) is 1. The maximum Gasteiger partial charge on any atom is 0.0518 e. The highest BCUT2D eigenvalue weighted by Crippen LogP contribution is 1.81. The minimum atomic E-state index is 0.517. The molecule has 3 N–H and O–H groups in total. The Hall–Kier alpha value is -0.0200. The van der Waals surface area contributed by atoms with Gasteiger partial charge in [0.1, 0.15) is 0 Å². The van der Waals surface area contributed by atoms with E-state index in [-0.39, 0.29) is 0 Å². The average Bonchev–Trinajstić information content (AvgIpc) is 1.41. The van der Waals surface area contributed by atoms with Crippen molar-refractivity contribution >= 4 is 17.3 Å². The first-order chi connectivity index (χ1) is 2.41. The standard InChI is InChI=1S/C2H6N2S/c3-1-5-2-4/h1,3H,2,4H2. The number of hydrogen-bond donors (Lipinski definition) is 2. The fourth-order valence-corrected chi connectivity index (χ4v) is 0.144. The third-order valence-corrected chi connectivity index (χ3v) is 0.539. The van der Waals surface area contributed by atoms with Gasteiger partial charge in [0.25, 0.3) is 0 Å². The summed E-state index contributed by atoms with van der Waals surface area (Å²) in [5.74, 6) is 0.517. The lowest BCUT2D eigenvalue weighted by atomic mass is 11.5. The number of nitrogens with two attached hydrogens (primary N) is 1. The highest BCUT2D eigenvalue weighted by Gasteiger charge is 1.62. The molecule has 0 aromatic rings. The van der Waals surface area contributed by atoms with Crippen molar-refractivity contribution in [2.45, 2.75) is 0 Å². The Morgan fingerprint density at radius 1 is 2.00 bits per heavy atom. The quantitative estimate of drug-likeness (QED) is 0.290. The van der Waals surface area contributed by atoms with E-state index in [1.807, 2.05) is 0 Å². The minimum absolute atomic E-state index is 0.517. The molecule has 0 saturated carbocycles. The van der Waals surface area contributed by atoms with Gasteiger partial charge in [-0.2, -0.15) is 0 Å². The van der Waals surface area contributed by atoms with Crippen LogP contribution in [0.4, 0.5) is 0 Å². The van der Waals surface area contributed by atoms with Crippen molar-refractivity contribution in [1.82, 2.24) is 0 Å². The van der Waals surface area contributed by atoms with Gasteiger partial charge >= 0.3 is 0 Å². The zero-order valence-electron chi connectivity index (χ0n) is 2.77. The van der Waals surface area contributed by atoms with Gasteiger partial charge < -0.3 is 11.1 Å². The fourth-order valence-electron chi connectivity index (χ4n) is 0.0481. The molecule has 0 saturated heterocycles. The third kappa shape index (κ3) is 3.98. The van der Waals surface area contributed by atoms with Crippen LogP contribution in [0.15, 0.2) is 0 Å². The molecular formula is C2H6N2S. The van der Waals surface area contributed by atoms with Crippen LogP contribution in [0.5, 0.6) is 0 Å². The van der Waals surface area contributed by atoms with E-state index in [1.54, 1.807) is 0 Å². The van der Waals surface area contributed by atoms with E-state index in [1.165, 1.54) is 17.3 Å². The second-order valence-corrected chi connectivity index (χ2v) is 1.35. The van der Waals surface area contributed by atoms with E-state index < -0.39 is 0 Å². The zero-order chi connectivity index (χ0) is 4.12. The van der Waals surface area contributed by atoms with Gasteiger partial charge in [-0.15, -0.1) is 0 Å². The van der Waals surface area contributed by atoms with E-state index in [2.05, 4.69) is 0 Å². The molecule has 0 aliphatic carbocycles. The molecule has 0 heterocycles. The van der Waals surface area contributed by atoms with Crippen molar-refractivity contribution < 1.29 is 0 Å². The molecule has 5 heavy (non-hydrogen) atoms. The highest BCUT2D eigenvalue weighted by atomic mass is 32.2. The van der Waals surface area contributed by atoms with Crippen LogP contribution in [0.1, 0.15) is 0 Å². The summed E-state index contributed by atoms with van der Waals surface area (Å²) in [6.07, 6.45) is 0. The Labute approximate surface area is 35.3 Å². The Morgan fingerprint density at radius 3 is 2.60 bits per heavy atom. The first-order valence-corrected chi connectivity index (χ1v) is 2.27. The second-order valence-electron chi connectivity index (χ2n) is 0.451. The predicted molar refractivity (Wildman–Crippen MR) is 25.4 cm³/mol. The Kier molecular flexibility index (Phi) is 3.96. The Bertz CT molecular complexity index is 28.8. The Balaban J connectivity index is 2.40. The van der Waals surface area contributed by atoms with Crippen LogP contribution in [0.25, 0.3) is 0 Å². The first-order valence-electron chi connectivity index (χ1n) is 1.22. The summed E-state index contributed by atoms with van der Waals surface area (Å²) in [5, 5.41) is 6.36. The Morgan fingerprint density at radius 2 is 2.60 bits per heavy atom. The van der Waals surface area contributed by atoms with E-state index in [9.17, 15) is 0 Å². The molecule has 0 amide bonds. The molecule has 0 aromatic heterocycles. The van der Waals surface area contributed by atoms with Crippen molar-refractivity contribution in [3.8, 4) is 0 Å². The van der Waals surface area contributed by atoms with Crippen LogP contribution in [-0.4, -0.2) is 11.4 Å². The minimum Gasteiger partial charge on any atom is -0.322 e. The maximum absolute atomic E-state index is 6.36. The zero-order valence-corrected chi connectivity index (χ0v) is 3.59. The lowest BCUT2D eigenvalue weighted by Gasteiger charge is -1.73. The fraction of sp³-hybridized carbons (Fsp3) is 0.500. The van der Waals surface area contributed by atoms with E-state index in [0.29, 0.717) is 5.88 Å². The van der Waals surface area contributed by atoms with Gasteiger partial charge in [0, 0.05) is 5.88 Å². The molecule has 0 bridgehead atoms.